The fourth-order valence-electron chi connectivity index (χ4n) is 2.88. The summed E-state index contributed by atoms with van der Waals surface area (Å²) in [6.07, 6.45) is 3.60. The Labute approximate surface area is 123 Å². The Morgan fingerprint density at radius 2 is 2.25 bits per heavy atom. The van der Waals surface area contributed by atoms with Crippen molar-refractivity contribution in [3.05, 3.63) is 29.8 Å². The molecule has 0 aliphatic carbocycles. The summed E-state index contributed by atoms with van der Waals surface area (Å²) in [5, 5.41) is 3.72. The van der Waals surface area contributed by atoms with Gasteiger partial charge in [0.15, 0.2) is 0 Å². The van der Waals surface area contributed by atoms with E-state index in [4.69, 9.17) is 4.74 Å². The fraction of sp³-hybridized carbons (Fsp3) is 0.647. The van der Waals surface area contributed by atoms with E-state index in [9.17, 15) is 0 Å². The van der Waals surface area contributed by atoms with Crippen molar-refractivity contribution in [2.75, 3.05) is 38.8 Å². The second-order valence-corrected chi connectivity index (χ2v) is 5.90. The summed E-state index contributed by atoms with van der Waals surface area (Å²) in [5.74, 6) is 0.590. The lowest BCUT2D eigenvalue weighted by Crippen LogP contribution is -2.34. The molecule has 1 N–H and O–H groups in total. The quantitative estimate of drug-likeness (QED) is 0.863. The fourth-order valence-corrected chi connectivity index (χ4v) is 2.88. The maximum absolute atomic E-state index is 5.69. The van der Waals surface area contributed by atoms with Crippen LogP contribution in [0.3, 0.4) is 0 Å². The maximum atomic E-state index is 5.69. The molecule has 0 bridgehead atoms. The van der Waals surface area contributed by atoms with Gasteiger partial charge in [0.2, 0.25) is 0 Å². The van der Waals surface area contributed by atoms with Crippen molar-refractivity contribution in [2.45, 2.75) is 32.2 Å². The van der Waals surface area contributed by atoms with Gasteiger partial charge in [0.25, 0.3) is 0 Å². The van der Waals surface area contributed by atoms with E-state index in [0.717, 1.165) is 26.2 Å². The molecule has 1 aliphatic rings. The van der Waals surface area contributed by atoms with E-state index in [1.54, 1.807) is 0 Å². The van der Waals surface area contributed by atoms with Crippen molar-refractivity contribution in [2.24, 2.45) is 5.92 Å². The van der Waals surface area contributed by atoms with Crippen molar-refractivity contribution >= 4 is 5.69 Å². The molecule has 2 rings (SSSR count). The number of nitrogens with zero attached hydrogens (tertiary/aromatic N) is 1. The predicted octanol–water partition coefficient (Wildman–Crippen LogP) is 3.22. The lowest BCUT2D eigenvalue weighted by molar-refractivity contribution is 0.0390. The molecule has 2 atom stereocenters. The molecule has 0 spiro atoms. The van der Waals surface area contributed by atoms with Crippen LogP contribution in [0.2, 0.25) is 0 Å². The molecule has 1 aromatic carbocycles. The molecule has 3 nitrogen and oxygen atoms in total. The Morgan fingerprint density at radius 3 is 2.90 bits per heavy atom. The highest BCUT2D eigenvalue weighted by Crippen LogP contribution is 2.30. The third-order valence-corrected chi connectivity index (χ3v) is 4.03. The zero-order valence-corrected chi connectivity index (χ0v) is 13.1. The smallest absolute Gasteiger partial charge is 0.0512 e. The first-order valence-electron chi connectivity index (χ1n) is 7.80. The molecule has 1 saturated heterocycles. The molecular formula is C17H28N2O. The van der Waals surface area contributed by atoms with Crippen LogP contribution in [0.5, 0.6) is 0 Å². The van der Waals surface area contributed by atoms with Gasteiger partial charge in [-0.1, -0.05) is 19.1 Å². The standard InChI is InChI=1S/C17H28N2O/c1-4-10-18-17(15-8-6-11-20-13-15)14-7-5-9-16(12-14)19(2)3/h5,7,9,12,15,17-18H,4,6,8,10-11,13H2,1-3H3. The van der Waals surface area contributed by atoms with Gasteiger partial charge in [-0.25, -0.2) is 0 Å². The van der Waals surface area contributed by atoms with Gasteiger partial charge in [-0.2, -0.15) is 0 Å². The minimum absolute atomic E-state index is 0.412. The number of benzene rings is 1. The predicted molar refractivity (Wildman–Crippen MR) is 85.3 cm³/mol. The molecule has 0 amide bonds. The van der Waals surface area contributed by atoms with Crippen LogP contribution in [0.1, 0.15) is 37.8 Å². The largest absolute Gasteiger partial charge is 0.381 e. The molecule has 0 saturated carbocycles. The summed E-state index contributed by atoms with van der Waals surface area (Å²) in [7, 11) is 4.19. The van der Waals surface area contributed by atoms with Crippen molar-refractivity contribution in [1.82, 2.24) is 5.32 Å². The van der Waals surface area contributed by atoms with Crippen molar-refractivity contribution < 1.29 is 4.74 Å². The molecule has 0 aromatic heterocycles. The minimum atomic E-state index is 0.412. The lowest BCUT2D eigenvalue weighted by Gasteiger charge is -2.32. The first kappa shape index (κ1) is 15.3. The van der Waals surface area contributed by atoms with Crippen LogP contribution in [-0.4, -0.2) is 33.9 Å². The van der Waals surface area contributed by atoms with E-state index in [1.165, 1.54) is 24.1 Å². The average Bonchev–Trinajstić information content (AvgIpc) is 2.49. The zero-order valence-electron chi connectivity index (χ0n) is 13.1. The number of rotatable bonds is 6. The van der Waals surface area contributed by atoms with Crippen LogP contribution in [0.4, 0.5) is 5.69 Å². The number of nitrogens with one attached hydrogen (secondary N) is 1. The Morgan fingerprint density at radius 1 is 1.40 bits per heavy atom. The minimum Gasteiger partial charge on any atom is -0.381 e. The SMILES string of the molecule is CCCNC(c1cccc(N(C)C)c1)C1CCCOC1. The second kappa shape index (κ2) is 7.65. The average molecular weight is 276 g/mol. The molecule has 3 heteroatoms. The number of hydrogen-bond donors (Lipinski definition) is 1. The summed E-state index contributed by atoms with van der Waals surface area (Å²) >= 11 is 0. The van der Waals surface area contributed by atoms with E-state index in [2.05, 4.69) is 55.5 Å². The second-order valence-electron chi connectivity index (χ2n) is 5.90. The number of hydrogen-bond acceptors (Lipinski definition) is 3. The Kier molecular flexibility index (Phi) is 5.86. The van der Waals surface area contributed by atoms with E-state index in [1.807, 2.05) is 0 Å². The summed E-state index contributed by atoms with van der Waals surface area (Å²) in [4.78, 5) is 2.16. The maximum Gasteiger partial charge on any atom is 0.0512 e. The van der Waals surface area contributed by atoms with Gasteiger partial charge in [0.1, 0.15) is 0 Å². The van der Waals surface area contributed by atoms with E-state index in [0.29, 0.717) is 12.0 Å². The summed E-state index contributed by atoms with van der Waals surface area (Å²) < 4.78 is 5.69. The topological polar surface area (TPSA) is 24.5 Å². The Bertz CT molecular complexity index is 400. The van der Waals surface area contributed by atoms with Crippen molar-refractivity contribution in [1.29, 1.82) is 0 Å². The first-order chi connectivity index (χ1) is 9.72. The molecule has 1 aromatic rings. The lowest BCUT2D eigenvalue weighted by atomic mass is 9.88. The zero-order chi connectivity index (χ0) is 14.4. The Hall–Kier alpha value is -1.06. The number of ether oxygens (including phenoxy) is 1. The van der Waals surface area contributed by atoms with Gasteiger partial charge in [-0.3, -0.25) is 0 Å². The molecule has 20 heavy (non-hydrogen) atoms. The highest BCUT2D eigenvalue weighted by Gasteiger charge is 2.25. The van der Waals surface area contributed by atoms with Gasteiger partial charge in [-0.15, -0.1) is 0 Å². The van der Waals surface area contributed by atoms with Crippen LogP contribution in [0.25, 0.3) is 0 Å². The van der Waals surface area contributed by atoms with E-state index in [-0.39, 0.29) is 0 Å². The van der Waals surface area contributed by atoms with Crippen LogP contribution in [-0.2, 0) is 4.74 Å². The van der Waals surface area contributed by atoms with Crippen LogP contribution in [0, 0.1) is 5.92 Å². The van der Waals surface area contributed by atoms with Crippen LogP contribution in [0.15, 0.2) is 24.3 Å². The van der Waals surface area contributed by atoms with Crippen LogP contribution >= 0.6 is 0 Å². The van der Waals surface area contributed by atoms with E-state index >= 15 is 0 Å². The van der Waals surface area contributed by atoms with Crippen LogP contribution < -0.4 is 10.2 Å². The highest BCUT2D eigenvalue weighted by molar-refractivity contribution is 5.48. The van der Waals surface area contributed by atoms with Crippen molar-refractivity contribution in [3.8, 4) is 0 Å². The van der Waals surface area contributed by atoms with Gasteiger partial charge in [-0.05, 0) is 43.5 Å². The normalized spacial score (nSPS) is 20.6. The first-order valence-corrected chi connectivity index (χ1v) is 7.80. The third kappa shape index (κ3) is 3.97. The highest BCUT2D eigenvalue weighted by atomic mass is 16.5. The van der Waals surface area contributed by atoms with Gasteiger partial charge in [0, 0.05) is 38.3 Å². The molecule has 112 valence electrons. The molecule has 0 radical (unpaired) electrons. The number of anilines is 1. The summed E-state index contributed by atoms with van der Waals surface area (Å²) in [6.45, 7) is 5.09. The molecular weight excluding hydrogens is 248 g/mol. The van der Waals surface area contributed by atoms with Gasteiger partial charge < -0.3 is 15.0 Å². The monoisotopic (exact) mass is 276 g/mol. The molecule has 1 aliphatic heterocycles. The van der Waals surface area contributed by atoms with E-state index < -0.39 is 0 Å². The third-order valence-electron chi connectivity index (χ3n) is 4.03. The summed E-state index contributed by atoms with van der Waals surface area (Å²) in [5.41, 5.74) is 2.66. The molecule has 1 heterocycles. The summed E-state index contributed by atoms with van der Waals surface area (Å²) in [6, 6.07) is 9.29. The molecule has 2 unspecified atom stereocenters. The van der Waals surface area contributed by atoms with Gasteiger partial charge >= 0.3 is 0 Å². The Balaban J connectivity index is 2.18. The molecule has 1 fully saturated rings. The van der Waals surface area contributed by atoms with Crippen molar-refractivity contribution in [3.63, 3.8) is 0 Å². The van der Waals surface area contributed by atoms with Gasteiger partial charge in [0.05, 0.1) is 6.61 Å².